The molecule has 0 aliphatic heterocycles. The van der Waals surface area contributed by atoms with Gasteiger partial charge >= 0.3 is 0 Å². The molecule has 2 N–H and O–H groups in total. The lowest BCUT2D eigenvalue weighted by molar-refractivity contribution is 0.933. The maximum absolute atomic E-state index is 5.41. The van der Waals surface area contributed by atoms with Crippen molar-refractivity contribution in [2.75, 3.05) is 0 Å². The fourth-order valence-corrected chi connectivity index (χ4v) is 0.840. The number of nitrogens with zero attached hydrogens (tertiary/aromatic N) is 1. The minimum atomic E-state index is 0. The molecule has 0 saturated heterocycles. The molecule has 0 aliphatic carbocycles. The van der Waals surface area contributed by atoms with Crippen LogP contribution in [0.25, 0.3) is 0 Å². The van der Waals surface area contributed by atoms with Crippen LogP contribution < -0.4 is 5.73 Å². The molecule has 0 spiro atoms. The van der Waals surface area contributed by atoms with Crippen molar-refractivity contribution in [2.24, 2.45) is 5.73 Å². The van der Waals surface area contributed by atoms with Gasteiger partial charge < -0.3 is 5.73 Å². The topological polar surface area (TPSA) is 38.9 Å². The normalized spacial score (nSPS) is 8.17. The van der Waals surface area contributed by atoms with Crippen LogP contribution in [0.1, 0.15) is 18.3 Å². The predicted octanol–water partition coefficient (Wildman–Crippen LogP) is 1.95. The highest BCUT2D eigenvalue weighted by atomic mass is 35.5. The van der Waals surface area contributed by atoms with Gasteiger partial charge in [0.2, 0.25) is 0 Å². The van der Waals surface area contributed by atoms with Crippen molar-refractivity contribution in [2.45, 2.75) is 19.9 Å². The number of hydrogen-bond donors (Lipinski definition) is 1. The number of hydrogen-bond acceptors (Lipinski definition) is 2. The third-order valence-electron chi connectivity index (χ3n) is 1.44. The van der Waals surface area contributed by atoms with Crippen molar-refractivity contribution in [1.82, 2.24) is 4.98 Å². The Hall–Kier alpha value is -0.310. The van der Waals surface area contributed by atoms with Crippen LogP contribution in [0.2, 0.25) is 0 Å². The zero-order chi connectivity index (χ0) is 7.40. The average molecular weight is 209 g/mol. The smallest absolute Gasteiger partial charge is 0.0542 e. The maximum atomic E-state index is 5.41. The molecular formula is C8H14Cl2N2. The van der Waals surface area contributed by atoms with Gasteiger partial charge in [0.05, 0.1) is 5.69 Å². The van der Waals surface area contributed by atoms with E-state index in [2.05, 4.69) is 11.9 Å². The first-order chi connectivity index (χ1) is 4.86. The van der Waals surface area contributed by atoms with Gasteiger partial charge in [-0.3, -0.25) is 4.98 Å². The highest BCUT2D eigenvalue weighted by molar-refractivity contribution is 5.85. The van der Waals surface area contributed by atoms with E-state index >= 15 is 0 Å². The van der Waals surface area contributed by atoms with E-state index in [1.807, 2.05) is 18.2 Å². The molecule has 4 heteroatoms. The molecule has 0 fully saturated rings. The minimum absolute atomic E-state index is 0. The van der Waals surface area contributed by atoms with Crippen molar-refractivity contribution < 1.29 is 0 Å². The molecular weight excluding hydrogens is 195 g/mol. The van der Waals surface area contributed by atoms with Crippen LogP contribution in [0.4, 0.5) is 0 Å². The summed E-state index contributed by atoms with van der Waals surface area (Å²) in [6.07, 6.45) is 0.980. The number of pyridine rings is 1. The van der Waals surface area contributed by atoms with Crippen LogP contribution in [-0.4, -0.2) is 4.98 Å². The first-order valence-corrected chi connectivity index (χ1v) is 3.51. The molecule has 0 atom stereocenters. The lowest BCUT2D eigenvalue weighted by atomic mass is 10.2. The summed E-state index contributed by atoms with van der Waals surface area (Å²) in [5.74, 6) is 0. The zero-order valence-corrected chi connectivity index (χ0v) is 8.62. The summed E-state index contributed by atoms with van der Waals surface area (Å²) < 4.78 is 0. The zero-order valence-electron chi connectivity index (χ0n) is 6.99. The van der Waals surface area contributed by atoms with Gasteiger partial charge in [-0.1, -0.05) is 13.0 Å². The summed E-state index contributed by atoms with van der Waals surface area (Å²) in [5.41, 5.74) is 7.50. The number of aromatic nitrogens is 1. The Kier molecular flexibility index (Phi) is 8.71. The van der Waals surface area contributed by atoms with Gasteiger partial charge in [0.15, 0.2) is 0 Å². The second kappa shape index (κ2) is 7.35. The molecule has 1 heterocycles. The van der Waals surface area contributed by atoms with Crippen LogP contribution in [-0.2, 0) is 13.0 Å². The molecule has 0 saturated carbocycles. The Morgan fingerprint density at radius 3 is 2.33 bits per heavy atom. The van der Waals surface area contributed by atoms with Crippen LogP contribution in [0, 0.1) is 0 Å². The summed E-state index contributed by atoms with van der Waals surface area (Å²) in [6.45, 7) is 2.62. The standard InChI is InChI=1S/C8H12N2.2ClH/c1-2-7-4-3-5-8(6-9)10-7;;/h3-5H,2,6,9H2,1H3;2*1H. The number of halogens is 2. The largest absolute Gasteiger partial charge is 0.325 e. The maximum Gasteiger partial charge on any atom is 0.0542 e. The van der Waals surface area contributed by atoms with Crippen molar-refractivity contribution in [3.8, 4) is 0 Å². The molecule has 1 aromatic heterocycles. The lowest BCUT2D eigenvalue weighted by Crippen LogP contribution is -2.00. The van der Waals surface area contributed by atoms with E-state index in [9.17, 15) is 0 Å². The molecule has 1 aromatic rings. The molecule has 70 valence electrons. The molecule has 0 aliphatic rings. The number of aryl methyl sites for hydroxylation is 1. The van der Waals surface area contributed by atoms with Crippen LogP contribution in [0.15, 0.2) is 18.2 Å². The van der Waals surface area contributed by atoms with E-state index in [1.165, 1.54) is 0 Å². The fraction of sp³-hybridized carbons (Fsp3) is 0.375. The third-order valence-corrected chi connectivity index (χ3v) is 1.44. The molecule has 0 amide bonds. The molecule has 0 bridgehead atoms. The highest BCUT2D eigenvalue weighted by Gasteiger charge is 1.91. The highest BCUT2D eigenvalue weighted by Crippen LogP contribution is 1.98. The van der Waals surface area contributed by atoms with Gasteiger partial charge in [0.25, 0.3) is 0 Å². The first-order valence-electron chi connectivity index (χ1n) is 3.51. The van der Waals surface area contributed by atoms with Gasteiger partial charge in [0, 0.05) is 12.2 Å². The first kappa shape index (κ1) is 14.2. The molecule has 2 nitrogen and oxygen atoms in total. The van der Waals surface area contributed by atoms with E-state index in [4.69, 9.17) is 5.73 Å². The SMILES string of the molecule is CCc1cccc(CN)n1.Cl.Cl. The van der Waals surface area contributed by atoms with E-state index < -0.39 is 0 Å². The summed E-state index contributed by atoms with van der Waals surface area (Å²) in [5, 5.41) is 0. The molecule has 0 radical (unpaired) electrons. The van der Waals surface area contributed by atoms with Gasteiger partial charge in [-0.2, -0.15) is 0 Å². The quantitative estimate of drug-likeness (QED) is 0.808. The Balaban J connectivity index is 0. The van der Waals surface area contributed by atoms with Crippen molar-refractivity contribution >= 4 is 24.8 Å². The molecule has 0 unspecified atom stereocenters. The van der Waals surface area contributed by atoms with E-state index in [-0.39, 0.29) is 24.8 Å². The summed E-state index contributed by atoms with van der Waals surface area (Å²) in [6, 6.07) is 5.95. The molecule has 1 rings (SSSR count). The van der Waals surface area contributed by atoms with Gasteiger partial charge in [0.1, 0.15) is 0 Å². The third kappa shape index (κ3) is 3.90. The van der Waals surface area contributed by atoms with E-state index in [0.717, 1.165) is 17.8 Å². The van der Waals surface area contributed by atoms with Crippen molar-refractivity contribution in [1.29, 1.82) is 0 Å². The van der Waals surface area contributed by atoms with Crippen LogP contribution >= 0.6 is 24.8 Å². The van der Waals surface area contributed by atoms with Crippen LogP contribution in [0.3, 0.4) is 0 Å². The summed E-state index contributed by atoms with van der Waals surface area (Å²) >= 11 is 0. The predicted molar refractivity (Wildman–Crippen MR) is 56.0 cm³/mol. The second-order valence-electron chi connectivity index (χ2n) is 2.18. The lowest BCUT2D eigenvalue weighted by Gasteiger charge is -1.97. The summed E-state index contributed by atoms with van der Waals surface area (Å²) in [7, 11) is 0. The Bertz CT molecular complexity index is 197. The van der Waals surface area contributed by atoms with Gasteiger partial charge in [-0.05, 0) is 18.6 Å². The van der Waals surface area contributed by atoms with Crippen molar-refractivity contribution in [3.63, 3.8) is 0 Å². The Morgan fingerprint density at radius 2 is 1.83 bits per heavy atom. The fourth-order valence-electron chi connectivity index (χ4n) is 0.840. The molecule has 0 aromatic carbocycles. The monoisotopic (exact) mass is 208 g/mol. The molecule has 12 heavy (non-hydrogen) atoms. The Labute approximate surface area is 85.4 Å². The Morgan fingerprint density at radius 1 is 1.25 bits per heavy atom. The second-order valence-corrected chi connectivity index (χ2v) is 2.18. The minimum Gasteiger partial charge on any atom is -0.325 e. The number of rotatable bonds is 2. The van der Waals surface area contributed by atoms with Gasteiger partial charge in [-0.25, -0.2) is 0 Å². The van der Waals surface area contributed by atoms with Crippen molar-refractivity contribution in [3.05, 3.63) is 29.6 Å². The summed E-state index contributed by atoms with van der Waals surface area (Å²) in [4.78, 5) is 4.28. The van der Waals surface area contributed by atoms with E-state index in [1.54, 1.807) is 0 Å². The average Bonchev–Trinajstić information content (AvgIpc) is 2.05. The van der Waals surface area contributed by atoms with Crippen LogP contribution in [0.5, 0.6) is 0 Å². The number of nitrogens with two attached hydrogens (primary N) is 1. The van der Waals surface area contributed by atoms with E-state index in [0.29, 0.717) is 6.54 Å². The van der Waals surface area contributed by atoms with Gasteiger partial charge in [-0.15, -0.1) is 24.8 Å².